The van der Waals surface area contributed by atoms with Gasteiger partial charge in [0, 0.05) is 17.8 Å². The van der Waals surface area contributed by atoms with E-state index in [2.05, 4.69) is 14.9 Å². The highest BCUT2D eigenvalue weighted by atomic mass is 32.5. The Morgan fingerprint density at radius 1 is 1.21 bits per heavy atom. The predicted octanol–water partition coefficient (Wildman–Crippen LogP) is 2.84. The van der Waals surface area contributed by atoms with Crippen molar-refractivity contribution in [1.82, 2.24) is 10.0 Å². The van der Waals surface area contributed by atoms with E-state index in [1.165, 1.54) is 17.3 Å². The summed E-state index contributed by atoms with van der Waals surface area (Å²) < 4.78 is 70.4. The van der Waals surface area contributed by atoms with Gasteiger partial charge in [-0.15, -0.1) is 0 Å². The molecule has 29 heavy (non-hydrogen) atoms. The summed E-state index contributed by atoms with van der Waals surface area (Å²) in [6, 6.07) is 1.13. The molecule has 0 aliphatic carbocycles. The van der Waals surface area contributed by atoms with E-state index < -0.39 is 44.7 Å². The topological polar surface area (TPSA) is 101 Å². The first-order valence-corrected chi connectivity index (χ1v) is 9.75. The number of Topliss-reactive ketones (excluding diaryl/α,β-unsaturated/α-hetero) is 1. The van der Waals surface area contributed by atoms with Gasteiger partial charge in [0.05, 0.1) is 12.7 Å². The minimum atomic E-state index is -10.0. The molecule has 0 saturated carbocycles. The van der Waals surface area contributed by atoms with Crippen molar-refractivity contribution >= 4 is 34.0 Å². The van der Waals surface area contributed by atoms with Crippen molar-refractivity contribution in [2.75, 3.05) is 20.3 Å². The maximum atomic E-state index is 13.2. The summed E-state index contributed by atoms with van der Waals surface area (Å²) in [5.74, 6) is -2.20. The van der Waals surface area contributed by atoms with E-state index in [1.54, 1.807) is 0 Å². The molecule has 0 aromatic heterocycles. The van der Waals surface area contributed by atoms with Gasteiger partial charge in [-0.2, -0.15) is 10.2 Å². The lowest BCUT2D eigenvalue weighted by Gasteiger charge is -2.40. The Balaban J connectivity index is 1.88. The van der Waals surface area contributed by atoms with Gasteiger partial charge in [-0.25, -0.2) is 5.01 Å². The van der Waals surface area contributed by atoms with Gasteiger partial charge < -0.3 is 10.5 Å². The van der Waals surface area contributed by atoms with Gasteiger partial charge in [-0.05, 0) is 18.2 Å². The molecule has 3 rings (SSSR count). The van der Waals surface area contributed by atoms with Crippen LogP contribution in [0.3, 0.4) is 0 Å². The number of carbonyl (C=O) groups is 2. The smallest absolute Gasteiger partial charge is 0.310 e. The Kier molecular flexibility index (Phi) is 4.20. The number of benzene rings is 1. The van der Waals surface area contributed by atoms with Crippen molar-refractivity contribution in [3.63, 3.8) is 0 Å². The molecule has 2 heterocycles. The Bertz CT molecular complexity index is 1010. The van der Waals surface area contributed by atoms with Crippen molar-refractivity contribution in [3.8, 4) is 5.75 Å². The first-order chi connectivity index (χ1) is 13.2. The number of nitrogens with two attached hydrogens (primary N) is 1. The number of ketones is 1. The third-order valence-corrected chi connectivity index (χ3v) is 5.07. The van der Waals surface area contributed by atoms with Crippen LogP contribution >= 0.6 is 10.2 Å². The molecule has 2 aliphatic rings. The van der Waals surface area contributed by atoms with Crippen LogP contribution in [0, 0.1) is 0 Å². The summed E-state index contributed by atoms with van der Waals surface area (Å²) >= 11 is 0. The molecule has 2 aliphatic heterocycles. The second kappa shape index (κ2) is 5.92. The van der Waals surface area contributed by atoms with E-state index >= 15 is 0 Å². The fourth-order valence-corrected chi connectivity index (χ4v) is 3.28. The first kappa shape index (κ1) is 20.6. The van der Waals surface area contributed by atoms with Crippen molar-refractivity contribution in [1.29, 1.82) is 0 Å². The average molecular weight is 439 g/mol. The molecule has 158 valence electrons. The van der Waals surface area contributed by atoms with Gasteiger partial charge in [0.25, 0.3) is 5.91 Å². The van der Waals surface area contributed by atoms with Gasteiger partial charge in [-0.1, -0.05) is 19.4 Å². The molecule has 0 spiro atoms. The number of hydrogen-bond donors (Lipinski definition) is 1. The molecule has 0 unspecified atom stereocenters. The summed E-state index contributed by atoms with van der Waals surface area (Å²) in [4.78, 5) is 21.6. The van der Waals surface area contributed by atoms with E-state index in [0.717, 1.165) is 18.2 Å². The van der Waals surface area contributed by atoms with Crippen molar-refractivity contribution < 1.29 is 33.8 Å². The second-order valence-corrected chi connectivity index (χ2v) is 8.54. The van der Waals surface area contributed by atoms with E-state index in [0.29, 0.717) is 0 Å². The summed E-state index contributed by atoms with van der Waals surface area (Å²) in [7, 11) is -9.04. The van der Waals surface area contributed by atoms with Crippen LogP contribution < -0.4 is 10.5 Å². The number of hydrogen-bond acceptors (Lipinski definition) is 7. The number of ether oxygens (including phenoxy) is 1. The van der Waals surface area contributed by atoms with E-state index in [9.17, 15) is 29.0 Å². The van der Waals surface area contributed by atoms with Crippen LogP contribution in [0.5, 0.6) is 5.75 Å². The Labute approximate surface area is 160 Å². The quantitative estimate of drug-likeness (QED) is 0.543. The number of methoxy groups -OCH3 is 1. The fourth-order valence-electron chi connectivity index (χ4n) is 2.59. The molecular formula is C15H14F5N5O3S. The number of halogens is 5. The molecule has 0 saturated heterocycles. The molecule has 0 bridgehead atoms. The SMILES string of the molecule is COc1cc(C(=O)CN2CN3N=CC=C(C(N)=O)C3=N2)cc(S(F)(F)(F)(F)F)c1. The lowest BCUT2D eigenvalue weighted by atomic mass is 10.1. The van der Waals surface area contributed by atoms with Gasteiger partial charge in [-0.3, -0.25) is 14.6 Å². The van der Waals surface area contributed by atoms with E-state index in [4.69, 9.17) is 5.73 Å². The molecule has 2 N–H and O–H groups in total. The van der Waals surface area contributed by atoms with E-state index in [1.807, 2.05) is 0 Å². The van der Waals surface area contributed by atoms with Gasteiger partial charge in [0.2, 0.25) is 0 Å². The highest BCUT2D eigenvalue weighted by Crippen LogP contribution is 3.02. The first-order valence-electron chi connectivity index (χ1n) is 7.80. The number of primary amides is 1. The van der Waals surface area contributed by atoms with Crippen LogP contribution in [-0.4, -0.2) is 54.1 Å². The Morgan fingerprint density at radius 3 is 2.48 bits per heavy atom. The Morgan fingerprint density at radius 2 is 1.90 bits per heavy atom. The predicted molar refractivity (Wildman–Crippen MR) is 95.3 cm³/mol. The largest absolute Gasteiger partial charge is 0.497 e. The van der Waals surface area contributed by atoms with Gasteiger partial charge in [0.1, 0.15) is 23.9 Å². The molecule has 8 nitrogen and oxygen atoms in total. The highest BCUT2D eigenvalue weighted by molar-refractivity contribution is 8.45. The molecule has 0 radical (unpaired) electrons. The molecular weight excluding hydrogens is 425 g/mol. The lowest BCUT2D eigenvalue weighted by molar-refractivity contribution is -0.114. The van der Waals surface area contributed by atoms with Crippen molar-refractivity contribution in [2.45, 2.75) is 4.90 Å². The molecule has 14 heteroatoms. The van der Waals surface area contributed by atoms with Crippen LogP contribution in [-0.2, 0) is 4.79 Å². The zero-order chi connectivity index (χ0) is 21.7. The van der Waals surface area contributed by atoms with E-state index in [-0.39, 0.29) is 30.2 Å². The number of amidine groups is 1. The monoisotopic (exact) mass is 439 g/mol. The standard InChI is InChI=1S/C15H14F5N5O3S/c1-28-10-4-9(5-11(6-10)29(16,17,18,19)20)13(26)7-24-8-25-15(23-24)12(14(21)27)2-3-22-25/h2-6H,7-8H2,1H3,(H2,21,27). The minimum Gasteiger partial charge on any atom is -0.497 e. The maximum Gasteiger partial charge on any atom is 0.310 e. The number of fused-ring (bicyclic) bond motifs is 1. The molecule has 0 fully saturated rings. The number of hydrazone groups is 2. The van der Waals surface area contributed by atoms with Gasteiger partial charge in [0.15, 0.2) is 11.6 Å². The maximum absolute atomic E-state index is 13.2. The van der Waals surface area contributed by atoms with Crippen molar-refractivity contribution in [3.05, 3.63) is 35.4 Å². The number of carbonyl (C=O) groups excluding carboxylic acids is 2. The van der Waals surface area contributed by atoms with Crippen LogP contribution in [0.1, 0.15) is 10.4 Å². The number of rotatable bonds is 6. The highest BCUT2D eigenvalue weighted by Gasteiger charge is 2.65. The average Bonchev–Trinajstić information content (AvgIpc) is 3.01. The van der Waals surface area contributed by atoms with Crippen LogP contribution in [0.15, 0.2) is 44.9 Å². The third kappa shape index (κ3) is 4.31. The third-order valence-electron chi connectivity index (χ3n) is 3.94. The van der Waals surface area contributed by atoms with Gasteiger partial charge >= 0.3 is 10.2 Å². The van der Waals surface area contributed by atoms with Crippen LogP contribution in [0.4, 0.5) is 19.4 Å². The molecule has 1 amide bonds. The number of amides is 1. The molecule has 1 aromatic carbocycles. The zero-order valence-corrected chi connectivity index (χ0v) is 15.5. The normalized spacial score (nSPS) is 18.4. The number of nitrogens with zero attached hydrogens (tertiary/aromatic N) is 4. The van der Waals surface area contributed by atoms with Crippen molar-refractivity contribution in [2.24, 2.45) is 15.9 Å². The summed E-state index contributed by atoms with van der Waals surface area (Å²) in [6.07, 6.45) is 2.60. The Hall–Kier alpha value is -3.16. The molecule has 0 atom stereocenters. The summed E-state index contributed by atoms with van der Waals surface area (Å²) in [5, 5.41) is 10.3. The summed E-state index contributed by atoms with van der Waals surface area (Å²) in [6.45, 7) is -0.658. The van der Waals surface area contributed by atoms with Crippen LogP contribution in [0.2, 0.25) is 0 Å². The second-order valence-electron chi connectivity index (χ2n) is 6.13. The summed E-state index contributed by atoms with van der Waals surface area (Å²) in [5.41, 5.74) is 4.62. The van der Waals surface area contributed by atoms with Crippen LogP contribution in [0.25, 0.3) is 0 Å². The lowest BCUT2D eigenvalue weighted by Crippen LogP contribution is -2.34. The minimum absolute atomic E-state index is 0.0273. The number of allylic oxidation sites excluding steroid dienone is 1. The molecule has 1 aromatic rings. The fraction of sp³-hybridized carbons (Fsp3) is 0.200. The zero-order valence-electron chi connectivity index (χ0n) is 14.7.